The van der Waals surface area contributed by atoms with E-state index in [0.717, 1.165) is 16.9 Å². The Balaban J connectivity index is 1.88. The molecule has 0 saturated carbocycles. The largest absolute Gasteiger partial charge is 0.501 e. The van der Waals surface area contributed by atoms with Gasteiger partial charge in [0.1, 0.15) is 17.6 Å². The van der Waals surface area contributed by atoms with Crippen LogP contribution in [-0.4, -0.2) is 20.0 Å². The third kappa shape index (κ3) is 2.57. The number of carbonyl (C=O) groups is 1. The summed E-state index contributed by atoms with van der Waals surface area (Å²) in [5, 5.41) is 4.46. The average molecular weight is 281 g/mol. The lowest BCUT2D eigenvalue weighted by molar-refractivity contribution is -0.115. The van der Waals surface area contributed by atoms with Crippen molar-refractivity contribution in [1.82, 2.24) is 5.32 Å². The van der Waals surface area contributed by atoms with E-state index < -0.39 is 0 Å². The van der Waals surface area contributed by atoms with Crippen molar-refractivity contribution in [2.75, 3.05) is 14.2 Å². The molecule has 1 unspecified atom stereocenters. The number of methoxy groups -OCH3 is 2. The summed E-state index contributed by atoms with van der Waals surface area (Å²) in [4.78, 5) is 12.2. The first-order valence-electron chi connectivity index (χ1n) is 6.67. The molecule has 1 heterocycles. The lowest BCUT2D eigenvalue weighted by Crippen LogP contribution is -2.21. The van der Waals surface area contributed by atoms with Gasteiger partial charge in [-0.2, -0.15) is 0 Å². The molecule has 1 aromatic rings. The van der Waals surface area contributed by atoms with Gasteiger partial charge in [0.25, 0.3) is 0 Å². The van der Waals surface area contributed by atoms with Crippen molar-refractivity contribution in [3.8, 4) is 5.75 Å². The SMILES string of the molecule is COC1=CC2=C[N]C(c3ccc(OC)cc3)[C]=C2C(=O)C1. The molecule has 21 heavy (non-hydrogen) atoms. The van der Waals surface area contributed by atoms with Crippen LogP contribution >= 0.6 is 0 Å². The van der Waals surface area contributed by atoms with Crippen LogP contribution in [-0.2, 0) is 9.53 Å². The smallest absolute Gasteiger partial charge is 0.171 e. The van der Waals surface area contributed by atoms with Crippen LogP contribution in [0.15, 0.2) is 53.4 Å². The molecule has 0 bridgehead atoms. The number of ketones is 1. The summed E-state index contributed by atoms with van der Waals surface area (Å²) in [6, 6.07) is 7.37. The number of allylic oxidation sites excluding steroid dienone is 4. The zero-order valence-corrected chi connectivity index (χ0v) is 11.9. The number of hydrogen-bond acceptors (Lipinski definition) is 3. The summed E-state index contributed by atoms with van der Waals surface area (Å²) >= 11 is 0. The molecule has 2 radical (unpaired) electrons. The first-order valence-corrected chi connectivity index (χ1v) is 6.67. The lowest BCUT2D eigenvalue weighted by atomic mass is 9.88. The van der Waals surface area contributed by atoms with Crippen LogP contribution in [0.4, 0.5) is 0 Å². The molecule has 4 heteroatoms. The Morgan fingerprint density at radius 1 is 1.19 bits per heavy atom. The Morgan fingerprint density at radius 3 is 2.62 bits per heavy atom. The summed E-state index contributed by atoms with van der Waals surface area (Å²) in [7, 11) is 3.20. The molecular formula is C17H15NO3. The molecule has 1 aliphatic carbocycles. The number of nitrogens with zero attached hydrogens (tertiary/aromatic N) is 1. The number of ether oxygens (including phenoxy) is 2. The van der Waals surface area contributed by atoms with Crippen molar-refractivity contribution in [2.45, 2.75) is 12.5 Å². The number of carbonyl (C=O) groups excluding carboxylic acids is 1. The van der Waals surface area contributed by atoms with Gasteiger partial charge < -0.3 is 9.47 Å². The molecule has 0 aromatic heterocycles. The van der Waals surface area contributed by atoms with Crippen molar-refractivity contribution in [3.63, 3.8) is 0 Å². The van der Waals surface area contributed by atoms with Gasteiger partial charge in [-0.1, -0.05) is 12.1 Å². The second-order valence-corrected chi connectivity index (χ2v) is 4.84. The molecule has 0 N–H and O–H groups in total. The first-order chi connectivity index (χ1) is 10.2. The number of benzene rings is 1. The summed E-state index contributed by atoms with van der Waals surface area (Å²) in [5.74, 6) is 1.48. The molecule has 1 atom stereocenters. The lowest BCUT2D eigenvalue weighted by Gasteiger charge is -2.23. The summed E-state index contributed by atoms with van der Waals surface area (Å²) < 4.78 is 10.3. The highest BCUT2D eigenvalue weighted by Gasteiger charge is 2.27. The van der Waals surface area contributed by atoms with Gasteiger partial charge >= 0.3 is 0 Å². The van der Waals surface area contributed by atoms with E-state index in [1.165, 1.54) is 0 Å². The Labute approximate surface area is 123 Å². The minimum absolute atomic E-state index is 0.0222. The van der Waals surface area contributed by atoms with Gasteiger partial charge in [0, 0.05) is 17.3 Å². The summed E-state index contributed by atoms with van der Waals surface area (Å²) in [6.45, 7) is 0. The Kier molecular flexibility index (Phi) is 3.52. The van der Waals surface area contributed by atoms with Crippen molar-refractivity contribution >= 4 is 5.78 Å². The normalized spacial score (nSPS) is 20.6. The summed E-state index contributed by atoms with van der Waals surface area (Å²) in [6.07, 6.45) is 7.04. The number of rotatable bonds is 3. The van der Waals surface area contributed by atoms with E-state index in [1.54, 1.807) is 20.4 Å². The Hall–Kier alpha value is -2.49. The quantitative estimate of drug-likeness (QED) is 0.855. The maximum Gasteiger partial charge on any atom is 0.171 e. The third-order valence-corrected chi connectivity index (χ3v) is 3.56. The molecule has 0 saturated heterocycles. The monoisotopic (exact) mass is 281 g/mol. The van der Waals surface area contributed by atoms with Gasteiger partial charge in [-0.25, -0.2) is 0 Å². The zero-order valence-electron chi connectivity index (χ0n) is 11.9. The van der Waals surface area contributed by atoms with E-state index >= 15 is 0 Å². The molecule has 106 valence electrons. The van der Waals surface area contributed by atoms with Crippen molar-refractivity contribution < 1.29 is 14.3 Å². The number of hydrogen-bond donors (Lipinski definition) is 0. The molecule has 4 nitrogen and oxygen atoms in total. The molecule has 0 amide bonds. The van der Waals surface area contributed by atoms with Crippen molar-refractivity contribution in [3.05, 3.63) is 65.1 Å². The highest BCUT2D eigenvalue weighted by atomic mass is 16.5. The van der Waals surface area contributed by atoms with Gasteiger partial charge in [0.15, 0.2) is 5.78 Å². The maximum absolute atomic E-state index is 12.2. The molecule has 3 rings (SSSR count). The standard InChI is InChI=1S/C17H15NO3/c1-20-13-5-3-11(4-6-13)16-9-15-12(10-18-16)7-14(21-2)8-17(15)19/h3-7,10,16H,8H2,1-2H3. The first kappa shape index (κ1) is 13.5. The van der Waals surface area contributed by atoms with Crippen LogP contribution in [0.3, 0.4) is 0 Å². The minimum atomic E-state index is -0.254. The van der Waals surface area contributed by atoms with E-state index in [4.69, 9.17) is 9.47 Å². The van der Waals surface area contributed by atoms with E-state index in [0.29, 0.717) is 11.3 Å². The molecule has 2 aliphatic rings. The van der Waals surface area contributed by atoms with Gasteiger partial charge in [0.2, 0.25) is 0 Å². The van der Waals surface area contributed by atoms with E-state index in [9.17, 15) is 4.79 Å². The van der Waals surface area contributed by atoms with Crippen LogP contribution < -0.4 is 10.1 Å². The van der Waals surface area contributed by atoms with Crippen molar-refractivity contribution in [2.24, 2.45) is 0 Å². The second-order valence-electron chi connectivity index (χ2n) is 4.84. The van der Waals surface area contributed by atoms with E-state index in [1.807, 2.05) is 30.3 Å². The predicted molar refractivity (Wildman–Crippen MR) is 77.4 cm³/mol. The fourth-order valence-electron chi connectivity index (χ4n) is 2.39. The topological polar surface area (TPSA) is 49.6 Å². The average Bonchev–Trinajstić information content (AvgIpc) is 2.54. The minimum Gasteiger partial charge on any atom is -0.501 e. The van der Waals surface area contributed by atoms with E-state index in [2.05, 4.69) is 11.4 Å². The highest BCUT2D eigenvalue weighted by Crippen LogP contribution is 2.31. The predicted octanol–water partition coefficient (Wildman–Crippen LogP) is 2.47. The molecular weight excluding hydrogens is 266 g/mol. The van der Waals surface area contributed by atoms with Crippen LogP contribution in [0.25, 0.3) is 0 Å². The van der Waals surface area contributed by atoms with Gasteiger partial charge in [-0.15, -0.1) is 0 Å². The number of Topliss-reactive ketones (excluding diaryl/α,β-unsaturated/α-hetero) is 1. The molecule has 1 aliphatic heterocycles. The molecule has 1 aromatic carbocycles. The maximum atomic E-state index is 12.2. The van der Waals surface area contributed by atoms with Gasteiger partial charge in [-0.3, -0.25) is 10.1 Å². The van der Waals surface area contributed by atoms with Gasteiger partial charge in [-0.05, 0) is 29.8 Å². The van der Waals surface area contributed by atoms with Crippen LogP contribution in [0.1, 0.15) is 18.0 Å². The molecule has 0 fully saturated rings. The summed E-state index contributed by atoms with van der Waals surface area (Å²) in [5.41, 5.74) is 2.35. The Morgan fingerprint density at radius 2 is 1.95 bits per heavy atom. The van der Waals surface area contributed by atoms with Gasteiger partial charge in [0.05, 0.1) is 20.6 Å². The van der Waals surface area contributed by atoms with Crippen LogP contribution in [0, 0.1) is 6.08 Å². The fraction of sp³-hybridized carbons (Fsp3) is 0.235. The van der Waals surface area contributed by atoms with E-state index in [-0.39, 0.29) is 18.2 Å². The second kappa shape index (κ2) is 5.48. The fourth-order valence-corrected chi connectivity index (χ4v) is 2.39. The number of fused-ring (bicyclic) bond motifs is 1. The van der Waals surface area contributed by atoms with Crippen LogP contribution in [0.2, 0.25) is 0 Å². The van der Waals surface area contributed by atoms with Crippen LogP contribution in [0.5, 0.6) is 5.75 Å². The third-order valence-electron chi connectivity index (χ3n) is 3.56. The van der Waals surface area contributed by atoms with Crippen molar-refractivity contribution in [1.29, 1.82) is 0 Å². The zero-order chi connectivity index (χ0) is 14.8. The molecule has 0 spiro atoms. The Bertz CT molecular complexity index is 653. The highest BCUT2D eigenvalue weighted by molar-refractivity contribution is 6.02.